The third-order valence-electron chi connectivity index (χ3n) is 5.34. The number of piperidine rings is 1. The average molecular weight is 400 g/mol. The van der Waals surface area contributed by atoms with Crippen molar-refractivity contribution in [3.63, 3.8) is 0 Å². The molecular weight excluding hydrogens is 366 g/mol. The van der Waals surface area contributed by atoms with E-state index in [1.54, 1.807) is 27.8 Å². The highest BCUT2D eigenvalue weighted by atomic mass is 32.2. The molecule has 154 valence electrons. The van der Waals surface area contributed by atoms with Crippen molar-refractivity contribution in [3.05, 3.63) is 11.4 Å². The molecule has 2 N–H and O–H groups in total. The Labute approximate surface area is 162 Å². The fraction of sp³-hybridized carbons (Fsp3) is 0.778. The summed E-state index contributed by atoms with van der Waals surface area (Å²) in [5.74, 6) is -0.331. The molecule has 0 unspecified atom stereocenters. The summed E-state index contributed by atoms with van der Waals surface area (Å²) in [6.45, 7) is 11.7. The number of nitrogens with zero attached hydrogens (tertiary/aromatic N) is 3. The number of nitrogens with one attached hydrogen (secondary N) is 2. The molecule has 0 spiro atoms. The summed E-state index contributed by atoms with van der Waals surface area (Å²) in [6.07, 6.45) is 3.61. The van der Waals surface area contributed by atoms with Gasteiger partial charge in [0, 0.05) is 19.1 Å². The number of sulfonamides is 1. The van der Waals surface area contributed by atoms with Gasteiger partial charge in [-0.3, -0.25) is 14.4 Å². The molecule has 8 nitrogen and oxygen atoms in total. The highest BCUT2D eigenvalue weighted by Gasteiger charge is 2.31. The third kappa shape index (κ3) is 5.08. The predicted molar refractivity (Wildman–Crippen MR) is 105 cm³/mol. The van der Waals surface area contributed by atoms with Crippen molar-refractivity contribution in [2.45, 2.75) is 70.4 Å². The summed E-state index contributed by atoms with van der Waals surface area (Å²) in [7, 11) is -2.13. The van der Waals surface area contributed by atoms with E-state index in [4.69, 9.17) is 0 Å². The number of rotatable bonds is 7. The van der Waals surface area contributed by atoms with E-state index in [2.05, 4.69) is 33.9 Å². The monoisotopic (exact) mass is 399 g/mol. The van der Waals surface area contributed by atoms with Crippen LogP contribution < -0.4 is 10.0 Å². The molecule has 0 aliphatic carbocycles. The Morgan fingerprint density at radius 1 is 1.22 bits per heavy atom. The van der Waals surface area contributed by atoms with Crippen LogP contribution in [-0.4, -0.2) is 60.2 Å². The second-order valence-electron chi connectivity index (χ2n) is 8.04. The maximum Gasteiger partial charge on any atom is 0.244 e. The lowest BCUT2D eigenvalue weighted by Crippen LogP contribution is -2.55. The molecule has 1 saturated heterocycles. The zero-order valence-electron chi connectivity index (χ0n) is 17.3. The zero-order chi connectivity index (χ0) is 20.4. The topological polar surface area (TPSA) is 96.3 Å². The molecule has 0 aromatic carbocycles. The van der Waals surface area contributed by atoms with Crippen molar-refractivity contribution in [2.24, 2.45) is 7.05 Å². The van der Waals surface area contributed by atoms with Gasteiger partial charge in [-0.25, -0.2) is 8.42 Å². The molecule has 2 rings (SSSR count). The molecule has 0 radical (unpaired) electrons. The Hall–Kier alpha value is -1.45. The molecule has 1 atom stereocenters. The van der Waals surface area contributed by atoms with Crippen molar-refractivity contribution in [1.82, 2.24) is 24.7 Å². The predicted octanol–water partition coefficient (Wildman–Crippen LogP) is 1.08. The summed E-state index contributed by atoms with van der Waals surface area (Å²) in [5.41, 5.74) is 0.797. The number of amides is 1. The first-order valence-electron chi connectivity index (χ1n) is 9.51. The fourth-order valence-corrected chi connectivity index (χ4v) is 5.20. The first-order chi connectivity index (χ1) is 12.5. The van der Waals surface area contributed by atoms with Crippen molar-refractivity contribution in [2.75, 3.05) is 19.6 Å². The van der Waals surface area contributed by atoms with Gasteiger partial charge in [0.05, 0.1) is 17.4 Å². The van der Waals surface area contributed by atoms with Crippen molar-refractivity contribution in [1.29, 1.82) is 0 Å². The van der Waals surface area contributed by atoms with Gasteiger partial charge in [0.25, 0.3) is 0 Å². The number of hydrogen-bond acceptors (Lipinski definition) is 5. The van der Waals surface area contributed by atoms with Crippen LogP contribution in [0.2, 0.25) is 0 Å². The highest BCUT2D eigenvalue weighted by molar-refractivity contribution is 7.89. The summed E-state index contributed by atoms with van der Waals surface area (Å²) in [5, 5.41) is 7.04. The smallest absolute Gasteiger partial charge is 0.244 e. The number of carbonyl (C=O) groups excluding carboxylic acids is 1. The van der Waals surface area contributed by atoms with Gasteiger partial charge in [0.2, 0.25) is 15.9 Å². The highest BCUT2D eigenvalue weighted by Crippen LogP contribution is 2.20. The Balaban J connectivity index is 1.98. The summed E-state index contributed by atoms with van der Waals surface area (Å²) in [4.78, 5) is 15.0. The molecule has 1 aromatic rings. The maximum atomic E-state index is 12.7. The molecule has 2 heterocycles. The minimum atomic E-state index is -3.82. The molecule has 1 aliphatic heterocycles. The molecule has 0 saturated carbocycles. The van der Waals surface area contributed by atoms with E-state index in [-0.39, 0.29) is 16.3 Å². The van der Waals surface area contributed by atoms with Gasteiger partial charge in [-0.05, 0) is 60.5 Å². The van der Waals surface area contributed by atoms with E-state index in [0.29, 0.717) is 17.9 Å². The molecule has 1 fully saturated rings. The molecule has 1 aliphatic rings. The molecule has 0 bridgehead atoms. The number of aryl methyl sites for hydroxylation is 2. The number of carbonyl (C=O) groups is 1. The van der Waals surface area contributed by atoms with Gasteiger partial charge < -0.3 is 5.32 Å². The van der Waals surface area contributed by atoms with Crippen LogP contribution in [0.15, 0.2) is 4.90 Å². The largest absolute Gasteiger partial charge is 0.353 e. The second kappa shape index (κ2) is 8.28. The van der Waals surface area contributed by atoms with Crippen LogP contribution in [-0.2, 0) is 21.9 Å². The number of hydrogen-bond donors (Lipinski definition) is 2. The summed E-state index contributed by atoms with van der Waals surface area (Å²) < 4.78 is 29.4. The lowest BCUT2D eigenvalue weighted by molar-refractivity contribution is -0.123. The molecule has 1 amide bonds. The molecule has 1 aromatic heterocycles. The zero-order valence-corrected chi connectivity index (χ0v) is 18.1. The Morgan fingerprint density at radius 3 is 2.33 bits per heavy atom. The van der Waals surface area contributed by atoms with E-state index in [1.807, 2.05) is 0 Å². The first kappa shape index (κ1) is 21.8. The van der Waals surface area contributed by atoms with Crippen LogP contribution >= 0.6 is 0 Å². The molecule has 9 heteroatoms. The summed E-state index contributed by atoms with van der Waals surface area (Å²) in [6, 6.07) is -0.869. The van der Waals surface area contributed by atoms with E-state index in [9.17, 15) is 13.2 Å². The second-order valence-corrected chi connectivity index (χ2v) is 9.70. The van der Waals surface area contributed by atoms with Crippen molar-refractivity contribution in [3.8, 4) is 0 Å². The van der Waals surface area contributed by atoms with E-state index in [1.165, 1.54) is 23.9 Å². The minimum Gasteiger partial charge on any atom is -0.353 e. The molecule has 27 heavy (non-hydrogen) atoms. The number of likely N-dealkylation sites (tertiary alicyclic amines) is 1. The lowest BCUT2D eigenvalue weighted by Gasteiger charge is -2.41. The van der Waals surface area contributed by atoms with E-state index >= 15 is 0 Å². The Kier molecular flexibility index (Phi) is 6.70. The van der Waals surface area contributed by atoms with Crippen molar-refractivity contribution < 1.29 is 13.2 Å². The van der Waals surface area contributed by atoms with Gasteiger partial charge in [0.15, 0.2) is 0 Å². The van der Waals surface area contributed by atoms with Crippen LogP contribution in [0, 0.1) is 13.8 Å². The van der Waals surface area contributed by atoms with Crippen molar-refractivity contribution >= 4 is 15.9 Å². The normalized spacial score (nSPS) is 17.7. The van der Waals surface area contributed by atoms with Crippen LogP contribution in [0.4, 0.5) is 0 Å². The SMILES string of the molecule is Cc1nn(C)c(C)c1S(=O)(=O)N[C@@H](C)C(=O)NCC(C)(C)N1CCCCC1. The summed E-state index contributed by atoms with van der Waals surface area (Å²) >= 11 is 0. The van der Waals surface area contributed by atoms with Crippen LogP contribution in [0.1, 0.15) is 51.4 Å². The standard InChI is InChI=1S/C18H33N5O3S/c1-13-16(15(3)22(6)20-13)27(25,26)21-14(2)17(24)19-12-18(4,5)23-10-8-7-9-11-23/h14,21H,7-12H2,1-6H3,(H,19,24)/t14-/m0/s1. The molecular formula is C18H33N5O3S. The number of aromatic nitrogens is 2. The van der Waals surface area contributed by atoms with E-state index < -0.39 is 16.1 Å². The quantitative estimate of drug-likeness (QED) is 0.715. The van der Waals surface area contributed by atoms with Crippen LogP contribution in [0.25, 0.3) is 0 Å². The Bertz CT molecular complexity index is 779. The first-order valence-corrected chi connectivity index (χ1v) is 11.0. The van der Waals surface area contributed by atoms with Gasteiger partial charge >= 0.3 is 0 Å². The maximum absolute atomic E-state index is 12.7. The minimum absolute atomic E-state index is 0.137. The van der Waals surface area contributed by atoms with Crippen LogP contribution in [0.5, 0.6) is 0 Å². The van der Waals surface area contributed by atoms with Crippen LogP contribution in [0.3, 0.4) is 0 Å². The average Bonchev–Trinajstić information content (AvgIpc) is 2.85. The van der Waals surface area contributed by atoms with Gasteiger partial charge in [-0.15, -0.1) is 0 Å². The fourth-order valence-electron chi connectivity index (χ4n) is 3.56. The van der Waals surface area contributed by atoms with Gasteiger partial charge in [0.1, 0.15) is 4.90 Å². The lowest BCUT2D eigenvalue weighted by atomic mass is 9.98. The Morgan fingerprint density at radius 2 is 1.81 bits per heavy atom. The van der Waals surface area contributed by atoms with Gasteiger partial charge in [-0.2, -0.15) is 9.82 Å². The van der Waals surface area contributed by atoms with Gasteiger partial charge in [-0.1, -0.05) is 6.42 Å². The van der Waals surface area contributed by atoms with E-state index in [0.717, 1.165) is 13.1 Å². The third-order valence-corrected chi connectivity index (χ3v) is 7.14.